The summed E-state index contributed by atoms with van der Waals surface area (Å²) in [5.74, 6) is -0.291. The topological polar surface area (TPSA) is 73.1 Å². The second-order valence-corrected chi connectivity index (χ2v) is 4.57. The third-order valence-corrected chi connectivity index (χ3v) is 2.58. The zero-order valence-corrected chi connectivity index (χ0v) is 11.4. The standard InChI is InChI=1S/C11H8BrF3N4O/c12-6-1-2-8(9(3-6)20-11(13,14)15)19-10-17-4-7(16)5-18-10/h1-5H,16H2,(H,17,18,19). The van der Waals surface area contributed by atoms with Gasteiger partial charge in [-0.1, -0.05) is 15.9 Å². The molecule has 0 amide bonds. The van der Waals surface area contributed by atoms with E-state index in [1.54, 1.807) is 6.07 Å². The third kappa shape index (κ3) is 3.98. The Bertz CT molecular complexity index is 604. The fourth-order valence-electron chi connectivity index (χ4n) is 1.33. The Balaban J connectivity index is 2.28. The van der Waals surface area contributed by atoms with Crippen molar-refractivity contribution < 1.29 is 17.9 Å². The smallest absolute Gasteiger partial charge is 0.404 e. The molecule has 1 aromatic carbocycles. The number of benzene rings is 1. The van der Waals surface area contributed by atoms with Gasteiger partial charge in [0.15, 0.2) is 5.75 Å². The zero-order valence-electron chi connectivity index (χ0n) is 9.78. The van der Waals surface area contributed by atoms with Crippen LogP contribution in [-0.4, -0.2) is 16.3 Å². The van der Waals surface area contributed by atoms with Crippen molar-refractivity contribution in [1.29, 1.82) is 0 Å². The quantitative estimate of drug-likeness (QED) is 0.888. The molecular weight excluding hydrogens is 341 g/mol. The molecular formula is C11H8BrF3N4O. The van der Waals surface area contributed by atoms with E-state index in [2.05, 4.69) is 36.0 Å². The second kappa shape index (κ2) is 5.53. The highest BCUT2D eigenvalue weighted by Crippen LogP contribution is 2.34. The SMILES string of the molecule is Nc1cnc(Nc2ccc(Br)cc2OC(F)(F)F)nc1. The molecule has 1 heterocycles. The van der Waals surface area contributed by atoms with Gasteiger partial charge in [0.1, 0.15) is 0 Å². The molecule has 2 aromatic rings. The van der Waals surface area contributed by atoms with E-state index in [-0.39, 0.29) is 11.6 Å². The average Bonchev–Trinajstić information content (AvgIpc) is 2.33. The van der Waals surface area contributed by atoms with Gasteiger partial charge in [0.2, 0.25) is 5.95 Å². The molecule has 0 unspecified atom stereocenters. The van der Waals surface area contributed by atoms with Gasteiger partial charge < -0.3 is 15.8 Å². The van der Waals surface area contributed by atoms with Crippen LogP contribution in [0.15, 0.2) is 35.1 Å². The molecule has 0 saturated heterocycles. The lowest BCUT2D eigenvalue weighted by molar-refractivity contribution is -0.274. The summed E-state index contributed by atoms with van der Waals surface area (Å²) in [6.45, 7) is 0. The maximum Gasteiger partial charge on any atom is 0.573 e. The zero-order chi connectivity index (χ0) is 14.8. The lowest BCUT2D eigenvalue weighted by Gasteiger charge is -2.14. The molecule has 5 nitrogen and oxygen atoms in total. The molecule has 0 atom stereocenters. The Labute approximate surface area is 120 Å². The van der Waals surface area contributed by atoms with Crippen LogP contribution in [0, 0.1) is 0 Å². The number of alkyl halides is 3. The summed E-state index contributed by atoms with van der Waals surface area (Å²) in [6.07, 6.45) is -2.13. The summed E-state index contributed by atoms with van der Waals surface area (Å²) in [6, 6.07) is 4.15. The normalized spacial score (nSPS) is 11.2. The minimum Gasteiger partial charge on any atom is -0.404 e. The van der Waals surface area contributed by atoms with Crippen molar-refractivity contribution in [2.75, 3.05) is 11.1 Å². The molecule has 0 aliphatic rings. The first-order valence-electron chi connectivity index (χ1n) is 5.23. The summed E-state index contributed by atoms with van der Waals surface area (Å²) >= 11 is 3.08. The van der Waals surface area contributed by atoms with E-state index in [4.69, 9.17) is 5.73 Å². The summed E-state index contributed by atoms with van der Waals surface area (Å²) in [5, 5.41) is 2.63. The van der Waals surface area contributed by atoms with Gasteiger partial charge >= 0.3 is 6.36 Å². The summed E-state index contributed by atoms with van der Waals surface area (Å²) in [4.78, 5) is 7.68. The van der Waals surface area contributed by atoms with Crippen LogP contribution in [0.5, 0.6) is 5.75 Å². The Hall–Kier alpha value is -2.03. The van der Waals surface area contributed by atoms with Crippen molar-refractivity contribution in [3.63, 3.8) is 0 Å². The number of hydrogen-bond acceptors (Lipinski definition) is 5. The Kier molecular flexibility index (Phi) is 3.98. The molecule has 0 spiro atoms. The number of halogens is 4. The average molecular weight is 349 g/mol. The van der Waals surface area contributed by atoms with E-state index >= 15 is 0 Å². The molecule has 20 heavy (non-hydrogen) atoms. The first-order chi connectivity index (χ1) is 9.33. The first-order valence-corrected chi connectivity index (χ1v) is 6.02. The van der Waals surface area contributed by atoms with E-state index in [9.17, 15) is 13.2 Å². The molecule has 0 bridgehead atoms. The fraction of sp³-hybridized carbons (Fsp3) is 0.0909. The number of nitrogen functional groups attached to an aromatic ring is 1. The van der Waals surface area contributed by atoms with Crippen molar-refractivity contribution in [2.24, 2.45) is 0 Å². The van der Waals surface area contributed by atoms with E-state index in [1.165, 1.54) is 24.5 Å². The van der Waals surface area contributed by atoms with Crippen molar-refractivity contribution in [3.8, 4) is 5.75 Å². The van der Waals surface area contributed by atoms with Crippen molar-refractivity contribution >= 4 is 33.3 Å². The van der Waals surface area contributed by atoms with Crippen LogP contribution in [0.4, 0.5) is 30.5 Å². The largest absolute Gasteiger partial charge is 0.573 e. The van der Waals surface area contributed by atoms with Crippen LogP contribution in [0.25, 0.3) is 0 Å². The summed E-state index contributed by atoms with van der Waals surface area (Å²) < 4.78 is 41.4. The maximum absolute atomic E-state index is 12.3. The van der Waals surface area contributed by atoms with Crippen LogP contribution in [-0.2, 0) is 0 Å². The Morgan fingerprint density at radius 1 is 1.20 bits per heavy atom. The molecule has 1 aromatic heterocycles. The molecule has 0 aliphatic heterocycles. The summed E-state index contributed by atoms with van der Waals surface area (Å²) in [7, 11) is 0. The van der Waals surface area contributed by atoms with Gasteiger partial charge in [-0.25, -0.2) is 9.97 Å². The highest BCUT2D eigenvalue weighted by atomic mass is 79.9. The number of anilines is 3. The molecule has 0 saturated carbocycles. The first kappa shape index (κ1) is 14.4. The van der Waals surface area contributed by atoms with E-state index in [0.29, 0.717) is 10.2 Å². The number of nitrogens with zero attached hydrogens (tertiary/aromatic N) is 2. The maximum atomic E-state index is 12.3. The fourth-order valence-corrected chi connectivity index (χ4v) is 1.67. The third-order valence-electron chi connectivity index (χ3n) is 2.09. The van der Waals surface area contributed by atoms with Gasteiger partial charge in [0.25, 0.3) is 0 Å². The minimum atomic E-state index is -4.79. The minimum absolute atomic E-state index is 0.0790. The monoisotopic (exact) mass is 348 g/mol. The van der Waals surface area contributed by atoms with Crippen LogP contribution >= 0.6 is 15.9 Å². The lowest BCUT2D eigenvalue weighted by Crippen LogP contribution is -2.18. The van der Waals surface area contributed by atoms with Gasteiger partial charge in [0, 0.05) is 4.47 Å². The molecule has 0 fully saturated rings. The predicted molar refractivity (Wildman–Crippen MR) is 70.6 cm³/mol. The van der Waals surface area contributed by atoms with E-state index in [1.807, 2.05) is 0 Å². The Morgan fingerprint density at radius 3 is 2.45 bits per heavy atom. The van der Waals surface area contributed by atoms with Crippen LogP contribution in [0.2, 0.25) is 0 Å². The van der Waals surface area contributed by atoms with Crippen LogP contribution < -0.4 is 15.8 Å². The molecule has 3 N–H and O–H groups in total. The van der Waals surface area contributed by atoms with Gasteiger partial charge in [0.05, 0.1) is 23.8 Å². The molecule has 9 heteroatoms. The molecule has 0 radical (unpaired) electrons. The lowest BCUT2D eigenvalue weighted by atomic mass is 10.3. The molecule has 2 rings (SSSR count). The van der Waals surface area contributed by atoms with Crippen LogP contribution in [0.1, 0.15) is 0 Å². The number of hydrogen-bond donors (Lipinski definition) is 2. The van der Waals surface area contributed by atoms with Crippen molar-refractivity contribution in [3.05, 3.63) is 35.1 Å². The van der Waals surface area contributed by atoms with E-state index in [0.717, 1.165) is 0 Å². The number of nitrogens with two attached hydrogens (primary N) is 1. The number of ether oxygens (including phenoxy) is 1. The van der Waals surface area contributed by atoms with Crippen molar-refractivity contribution in [1.82, 2.24) is 9.97 Å². The number of nitrogens with one attached hydrogen (secondary N) is 1. The summed E-state index contributed by atoms with van der Waals surface area (Å²) in [5.41, 5.74) is 5.85. The number of rotatable bonds is 3. The van der Waals surface area contributed by atoms with Crippen LogP contribution in [0.3, 0.4) is 0 Å². The molecule has 0 aliphatic carbocycles. The highest BCUT2D eigenvalue weighted by Gasteiger charge is 2.32. The second-order valence-electron chi connectivity index (χ2n) is 3.65. The van der Waals surface area contributed by atoms with Gasteiger partial charge in [-0.2, -0.15) is 0 Å². The van der Waals surface area contributed by atoms with Crippen molar-refractivity contribution in [2.45, 2.75) is 6.36 Å². The molecule has 106 valence electrons. The highest BCUT2D eigenvalue weighted by molar-refractivity contribution is 9.10. The Morgan fingerprint density at radius 2 is 1.85 bits per heavy atom. The van der Waals surface area contributed by atoms with Gasteiger partial charge in [-0.05, 0) is 18.2 Å². The number of aromatic nitrogens is 2. The van der Waals surface area contributed by atoms with Gasteiger partial charge in [-0.15, -0.1) is 13.2 Å². The van der Waals surface area contributed by atoms with Gasteiger partial charge in [-0.3, -0.25) is 0 Å². The van der Waals surface area contributed by atoms with E-state index < -0.39 is 12.1 Å². The predicted octanol–water partition coefficient (Wildman–Crippen LogP) is 3.46.